The number of rotatable bonds is 2. The molecule has 0 bridgehead atoms. The number of nitrogens with zero attached hydrogens (tertiary/aromatic N) is 1. The van der Waals surface area contributed by atoms with Crippen LogP contribution >= 0.6 is 38.9 Å². The molecule has 136 valence electrons. The van der Waals surface area contributed by atoms with Crippen LogP contribution in [0.25, 0.3) is 0 Å². The molecule has 0 unspecified atom stereocenters. The lowest BCUT2D eigenvalue weighted by molar-refractivity contribution is 0.102. The number of hydrogen-bond donors (Lipinski definition) is 1. The Morgan fingerprint density at radius 1 is 1.42 bits per heavy atom. The molecule has 1 aromatic carbocycles. The summed E-state index contributed by atoms with van der Waals surface area (Å²) < 4.78 is 0.783. The van der Waals surface area contributed by atoms with E-state index in [2.05, 4.69) is 48.1 Å². The van der Waals surface area contributed by atoms with Crippen LogP contribution in [0, 0.1) is 22.7 Å². The average molecular weight is 452 g/mol. The van der Waals surface area contributed by atoms with Gasteiger partial charge in [0.05, 0.1) is 16.1 Å². The van der Waals surface area contributed by atoms with E-state index >= 15 is 0 Å². The van der Waals surface area contributed by atoms with Crippen LogP contribution in [0.4, 0.5) is 5.00 Å². The third-order valence-corrected chi connectivity index (χ3v) is 6.99. The third-order valence-electron chi connectivity index (χ3n) is 5.00. The molecule has 1 aliphatic carbocycles. The van der Waals surface area contributed by atoms with E-state index in [9.17, 15) is 10.1 Å². The molecule has 3 nitrogen and oxygen atoms in total. The first-order chi connectivity index (χ1) is 12.2. The molecule has 1 N–H and O–H groups in total. The van der Waals surface area contributed by atoms with Crippen molar-refractivity contribution >= 4 is 49.8 Å². The summed E-state index contributed by atoms with van der Waals surface area (Å²) in [4.78, 5) is 13.9. The van der Waals surface area contributed by atoms with Gasteiger partial charge in [-0.25, -0.2) is 0 Å². The van der Waals surface area contributed by atoms with Crippen LogP contribution in [0.3, 0.4) is 0 Å². The number of fused-ring (bicyclic) bond motifs is 1. The van der Waals surface area contributed by atoms with Crippen LogP contribution in [-0.2, 0) is 12.8 Å². The molecule has 1 aromatic heterocycles. The maximum Gasteiger partial charge on any atom is 0.257 e. The molecule has 0 fully saturated rings. The zero-order valence-corrected chi connectivity index (χ0v) is 18.1. The predicted molar refractivity (Wildman–Crippen MR) is 111 cm³/mol. The number of carbonyl (C=O) groups excluding carboxylic acids is 1. The Morgan fingerprint density at radius 3 is 2.81 bits per heavy atom. The zero-order chi connectivity index (χ0) is 19.1. The van der Waals surface area contributed by atoms with E-state index in [0.717, 1.165) is 29.3 Å². The largest absolute Gasteiger partial charge is 0.312 e. The monoisotopic (exact) mass is 450 g/mol. The first-order valence-electron chi connectivity index (χ1n) is 8.51. The number of thiophene rings is 1. The van der Waals surface area contributed by atoms with Gasteiger partial charge in [0.25, 0.3) is 5.91 Å². The van der Waals surface area contributed by atoms with Crippen molar-refractivity contribution in [1.29, 1.82) is 5.26 Å². The van der Waals surface area contributed by atoms with E-state index in [0.29, 0.717) is 27.1 Å². The van der Waals surface area contributed by atoms with E-state index in [4.69, 9.17) is 11.6 Å². The lowest BCUT2D eigenvalue weighted by atomic mass is 9.72. The Morgan fingerprint density at radius 2 is 2.15 bits per heavy atom. The number of nitriles is 1. The SMILES string of the molecule is CC(C)(C)[C@H]1CCc2c(sc(NC(=O)c3cc(Br)ccc3Cl)c2C#N)C1. The molecular formula is C20H20BrClN2OS. The molecule has 0 radical (unpaired) electrons. The highest BCUT2D eigenvalue weighted by molar-refractivity contribution is 9.10. The predicted octanol–water partition coefficient (Wildman–Crippen LogP) is 6.44. The Balaban J connectivity index is 1.90. The van der Waals surface area contributed by atoms with Crippen molar-refractivity contribution in [1.82, 2.24) is 0 Å². The summed E-state index contributed by atoms with van der Waals surface area (Å²) in [7, 11) is 0. The molecule has 1 atom stereocenters. The maximum absolute atomic E-state index is 12.7. The molecule has 1 amide bonds. The highest BCUT2D eigenvalue weighted by atomic mass is 79.9. The summed E-state index contributed by atoms with van der Waals surface area (Å²) in [5.41, 5.74) is 2.34. The van der Waals surface area contributed by atoms with Gasteiger partial charge in [-0.15, -0.1) is 11.3 Å². The van der Waals surface area contributed by atoms with E-state index in [1.165, 1.54) is 16.2 Å². The van der Waals surface area contributed by atoms with Crippen molar-refractivity contribution in [3.05, 3.63) is 49.3 Å². The molecule has 0 saturated heterocycles. The smallest absolute Gasteiger partial charge is 0.257 e. The van der Waals surface area contributed by atoms with E-state index in [1.807, 2.05) is 0 Å². The van der Waals surface area contributed by atoms with Crippen LogP contribution in [0.1, 0.15) is 53.6 Å². The second-order valence-corrected chi connectivity index (χ2v) is 10.1. The summed E-state index contributed by atoms with van der Waals surface area (Å²) in [5.74, 6) is 0.294. The van der Waals surface area contributed by atoms with Gasteiger partial charge >= 0.3 is 0 Å². The molecule has 1 aliphatic rings. The van der Waals surface area contributed by atoms with Crippen LogP contribution in [-0.4, -0.2) is 5.91 Å². The quantitative estimate of drug-likeness (QED) is 0.571. The van der Waals surface area contributed by atoms with Crippen molar-refractivity contribution in [2.24, 2.45) is 11.3 Å². The van der Waals surface area contributed by atoms with Gasteiger partial charge < -0.3 is 5.32 Å². The Kier molecular flexibility index (Phi) is 5.48. The summed E-state index contributed by atoms with van der Waals surface area (Å²) in [6.45, 7) is 6.79. The first kappa shape index (κ1) is 19.4. The standard InChI is InChI=1S/C20H20BrClN2OS/c1-20(2,3)11-4-6-13-15(10-23)19(26-17(13)8-11)24-18(25)14-9-12(21)5-7-16(14)22/h5,7,9,11H,4,6,8H2,1-3H3,(H,24,25)/t11-/m0/s1. The normalized spacial score (nSPS) is 16.7. The minimum atomic E-state index is -0.293. The summed E-state index contributed by atoms with van der Waals surface area (Å²) in [6.07, 6.45) is 2.93. The van der Waals surface area contributed by atoms with Gasteiger partial charge in [-0.3, -0.25) is 4.79 Å². The van der Waals surface area contributed by atoms with Gasteiger partial charge in [-0.05, 0) is 54.4 Å². The Labute approximate surface area is 171 Å². The highest BCUT2D eigenvalue weighted by Crippen LogP contribution is 2.44. The molecule has 1 heterocycles. The van der Waals surface area contributed by atoms with Gasteiger partial charge in [0, 0.05) is 9.35 Å². The zero-order valence-electron chi connectivity index (χ0n) is 15.0. The number of halogens is 2. The summed E-state index contributed by atoms with van der Waals surface area (Å²) in [6, 6.07) is 7.45. The van der Waals surface area contributed by atoms with Crippen molar-refractivity contribution in [3.8, 4) is 6.07 Å². The molecule has 26 heavy (non-hydrogen) atoms. The van der Waals surface area contributed by atoms with Crippen molar-refractivity contribution < 1.29 is 4.79 Å². The van der Waals surface area contributed by atoms with Crippen LogP contribution in [0.2, 0.25) is 5.02 Å². The highest BCUT2D eigenvalue weighted by Gasteiger charge is 2.32. The number of benzene rings is 1. The minimum Gasteiger partial charge on any atom is -0.312 e. The number of anilines is 1. The van der Waals surface area contributed by atoms with Crippen molar-refractivity contribution in [2.75, 3.05) is 5.32 Å². The van der Waals surface area contributed by atoms with Crippen molar-refractivity contribution in [2.45, 2.75) is 40.0 Å². The molecule has 0 aliphatic heterocycles. The second-order valence-electron chi connectivity index (χ2n) is 7.70. The van der Waals surface area contributed by atoms with Crippen LogP contribution in [0.15, 0.2) is 22.7 Å². The maximum atomic E-state index is 12.7. The lowest BCUT2D eigenvalue weighted by Gasteiger charge is -2.33. The number of carbonyl (C=O) groups is 1. The fourth-order valence-corrected chi connectivity index (χ4v) is 5.21. The Hall–Kier alpha value is -1.35. The molecule has 3 rings (SSSR count). The first-order valence-corrected chi connectivity index (χ1v) is 10.5. The average Bonchev–Trinajstić information content (AvgIpc) is 2.92. The Bertz CT molecular complexity index is 908. The summed E-state index contributed by atoms with van der Waals surface area (Å²) >= 11 is 11.0. The number of hydrogen-bond acceptors (Lipinski definition) is 3. The number of nitrogens with one attached hydrogen (secondary N) is 1. The van der Waals surface area contributed by atoms with Gasteiger partial charge in [-0.2, -0.15) is 5.26 Å². The van der Waals surface area contributed by atoms with Gasteiger partial charge in [0.2, 0.25) is 0 Å². The fraction of sp³-hybridized carbons (Fsp3) is 0.400. The van der Waals surface area contributed by atoms with Gasteiger partial charge in [0.1, 0.15) is 11.1 Å². The molecule has 6 heteroatoms. The third kappa shape index (κ3) is 3.83. The van der Waals surface area contributed by atoms with E-state index < -0.39 is 0 Å². The van der Waals surface area contributed by atoms with Crippen LogP contribution in [0.5, 0.6) is 0 Å². The topological polar surface area (TPSA) is 52.9 Å². The fourth-order valence-electron chi connectivity index (χ4n) is 3.37. The van der Waals surface area contributed by atoms with E-state index in [1.54, 1.807) is 18.2 Å². The lowest BCUT2D eigenvalue weighted by Crippen LogP contribution is -2.26. The molecule has 0 spiro atoms. The molecule has 0 saturated carbocycles. The molecular weight excluding hydrogens is 432 g/mol. The van der Waals surface area contributed by atoms with Crippen molar-refractivity contribution in [3.63, 3.8) is 0 Å². The summed E-state index contributed by atoms with van der Waals surface area (Å²) in [5, 5.41) is 13.6. The molecule has 2 aromatic rings. The van der Waals surface area contributed by atoms with Gasteiger partial charge in [0.15, 0.2) is 0 Å². The van der Waals surface area contributed by atoms with Gasteiger partial charge in [-0.1, -0.05) is 48.3 Å². The number of amides is 1. The van der Waals surface area contributed by atoms with Crippen LogP contribution < -0.4 is 5.32 Å². The second kappa shape index (κ2) is 7.34. The van der Waals surface area contributed by atoms with E-state index in [-0.39, 0.29) is 11.3 Å². The minimum absolute atomic E-state index is 0.238.